The highest BCUT2D eigenvalue weighted by Crippen LogP contribution is 2.30. The molecule has 2 rings (SSSR count). The van der Waals surface area contributed by atoms with Gasteiger partial charge in [-0.25, -0.2) is 0 Å². The van der Waals surface area contributed by atoms with E-state index in [4.69, 9.17) is 0 Å². The number of aliphatic hydroxyl groups is 1. The fourth-order valence-corrected chi connectivity index (χ4v) is 2.16. The molecule has 1 unspecified atom stereocenters. The minimum atomic E-state index is -0.734. The Morgan fingerprint density at radius 2 is 1.80 bits per heavy atom. The SMILES string of the molecule is OC1(c2ccccc2)/C=C\CCCCC1. The Hall–Kier alpha value is -1.08. The molecule has 0 aliphatic heterocycles. The van der Waals surface area contributed by atoms with Gasteiger partial charge in [0, 0.05) is 0 Å². The van der Waals surface area contributed by atoms with Crippen molar-refractivity contribution in [3.8, 4) is 0 Å². The van der Waals surface area contributed by atoms with Crippen molar-refractivity contribution in [2.24, 2.45) is 0 Å². The van der Waals surface area contributed by atoms with Gasteiger partial charge in [-0.05, 0) is 31.2 Å². The van der Waals surface area contributed by atoms with Crippen LogP contribution in [0.3, 0.4) is 0 Å². The van der Waals surface area contributed by atoms with Gasteiger partial charge in [-0.15, -0.1) is 0 Å². The van der Waals surface area contributed by atoms with E-state index in [-0.39, 0.29) is 0 Å². The summed E-state index contributed by atoms with van der Waals surface area (Å²) >= 11 is 0. The zero-order valence-corrected chi connectivity index (χ0v) is 9.02. The van der Waals surface area contributed by atoms with E-state index in [1.807, 2.05) is 36.4 Å². The Bertz CT molecular complexity index is 328. The predicted molar refractivity (Wildman–Crippen MR) is 62.6 cm³/mol. The molecule has 0 saturated carbocycles. The lowest BCUT2D eigenvalue weighted by Crippen LogP contribution is -2.23. The van der Waals surface area contributed by atoms with Crippen molar-refractivity contribution >= 4 is 0 Å². The zero-order chi connectivity index (χ0) is 10.6. The molecule has 1 aromatic carbocycles. The van der Waals surface area contributed by atoms with Crippen LogP contribution in [0.25, 0.3) is 0 Å². The number of hydrogen-bond acceptors (Lipinski definition) is 1. The molecule has 0 saturated heterocycles. The van der Waals surface area contributed by atoms with Crippen LogP contribution in [0.4, 0.5) is 0 Å². The molecule has 0 aromatic heterocycles. The summed E-state index contributed by atoms with van der Waals surface area (Å²) in [6, 6.07) is 9.97. The molecule has 0 amide bonds. The minimum absolute atomic E-state index is 0.734. The summed E-state index contributed by atoms with van der Waals surface area (Å²) in [7, 11) is 0. The van der Waals surface area contributed by atoms with E-state index in [0.29, 0.717) is 0 Å². The van der Waals surface area contributed by atoms with E-state index in [2.05, 4.69) is 6.08 Å². The molecule has 0 spiro atoms. The van der Waals surface area contributed by atoms with Crippen molar-refractivity contribution in [2.75, 3.05) is 0 Å². The second-order valence-electron chi connectivity index (χ2n) is 4.29. The van der Waals surface area contributed by atoms with Crippen molar-refractivity contribution in [1.29, 1.82) is 0 Å². The number of benzene rings is 1. The second kappa shape index (κ2) is 4.63. The van der Waals surface area contributed by atoms with Gasteiger partial charge in [0.25, 0.3) is 0 Å². The van der Waals surface area contributed by atoms with Crippen LogP contribution in [0.15, 0.2) is 42.5 Å². The van der Waals surface area contributed by atoms with Crippen LogP contribution in [0.1, 0.15) is 37.7 Å². The molecule has 1 N–H and O–H groups in total. The van der Waals surface area contributed by atoms with Gasteiger partial charge in [0.15, 0.2) is 0 Å². The topological polar surface area (TPSA) is 20.2 Å². The maximum atomic E-state index is 10.6. The van der Waals surface area contributed by atoms with Crippen molar-refractivity contribution in [2.45, 2.75) is 37.7 Å². The van der Waals surface area contributed by atoms with E-state index in [9.17, 15) is 5.11 Å². The molecule has 1 heteroatoms. The molecule has 0 radical (unpaired) electrons. The third kappa shape index (κ3) is 2.48. The smallest absolute Gasteiger partial charge is 0.108 e. The zero-order valence-electron chi connectivity index (χ0n) is 9.02. The Morgan fingerprint density at radius 3 is 2.60 bits per heavy atom. The molecule has 1 aromatic rings. The third-order valence-corrected chi connectivity index (χ3v) is 3.10. The van der Waals surface area contributed by atoms with Gasteiger partial charge >= 0.3 is 0 Å². The van der Waals surface area contributed by atoms with E-state index < -0.39 is 5.60 Å². The average molecular weight is 202 g/mol. The van der Waals surface area contributed by atoms with Crippen LogP contribution < -0.4 is 0 Å². The Balaban J connectivity index is 2.26. The molecule has 0 bridgehead atoms. The van der Waals surface area contributed by atoms with Gasteiger partial charge in [0.05, 0.1) is 0 Å². The largest absolute Gasteiger partial charge is 0.381 e. The van der Waals surface area contributed by atoms with Crippen molar-refractivity contribution in [1.82, 2.24) is 0 Å². The third-order valence-electron chi connectivity index (χ3n) is 3.10. The van der Waals surface area contributed by atoms with Crippen LogP contribution in [0.5, 0.6) is 0 Å². The normalized spacial score (nSPS) is 29.1. The quantitative estimate of drug-likeness (QED) is 0.692. The highest BCUT2D eigenvalue weighted by atomic mass is 16.3. The van der Waals surface area contributed by atoms with Crippen molar-refractivity contribution in [3.63, 3.8) is 0 Å². The van der Waals surface area contributed by atoms with Crippen LogP contribution in [-0.4, -0.2) is 5.11 Å². The van der Waals surface area contributed by atoms with Crippen LogP contribution in [0.2, 0.25) is 0 Å². The summed E-state index contributed by atoms with van der Waals surface area (Å²) in [5.41, 5.74) is 0.282. The number of hydrogen-bond donors (Lipinski definition) is 1. The molecule has 1 aliphatic rings. The number of rotatable bonds is 1. The lowest BCUT2D eigenvalue weighted by Gasteiger charge is -2.26. The summed E-state index contributed by atoms with van der Waals surface area (Å²) in [6.07, 6.45) is 9.60. The minimum Gasteiger partial charge on any atom is -0.381 e. The standard InChI is InChI=1S/C14H18O/c15-14(13-9-5-4-6-10-13)11-7-2-1-3-8-12-14/h4-7,9-11,15H,1-3,8,12H2/b11-7-. The molecule has 0 heterocycles. The molecular formula is C14H18O. The summed E-state index contributed by atoms with van der Waals surface area (Å²) in [4.78, 5) is 0. The highest BCUT2D eigenvalue weighted by molar-refractivity contribution is 5.27. The molecule has 1 aliphatic carbocycles. The molecule has 15 heavy (non-hydrogen) atoms. The summed E-state index contributed by atoms with van der Waals surface area (Å²) < 4.78 is 0. The molecule has 0 fully saturated rings. The van der Waals surface area contributed by atoms with Crippen molar-refractivity contribution < 1.29 is 5.11 Å². The summed E-state index contributed by atoms with van der Waals surface area (Å²) in [6.45, 7) is 0. The first-order valence-electron chi connectivity index (χ1n) is 5.77. The average Bonchev–Trinajstić information content (AvgIpc) is 2.25. The maximum Gasteiger partial charge on any atom is 0.108 e. The molecule has 80 valence electrons. The molecule has 1 atom stereocenters. The van der Waals surface area contributed by atoms with E-state index in [1.54, 1.807) is 0 Å². The number of allylic oxidation sites excluding steroid dienone is 1. The van der Waals surface area contributed by atoms with Gasteiger partial charge in [-0.3, -0.25) is 0 Å². The molecule has 1 nitrogen and oxygen atoms in total. The van der Waals surface area contributed by atoms with E-state index in [1.165, 1.54) is 12.8 Å². The monoisotopic (exact) mass is 202 g/mol. The maximum absolute atomic E-state index is 10.6. The van der Waals surface area contributed by atoms with Crippen LogP contribution in [-0.2, 0) is 5.60 Å². The first kappa shape index (κ1) is 10.4. The van der Waals surface area contributed by atoms with Gasteiger partial charge < -0.3 is 5.11 Å². The van der Waals surface area contributed by atoms with Gasteiger partial charge in [-0.1, -0.05) is 48.9 Å². The van der Waals surface area contributed by atoms with Gasteiger partial charge in [-0.2, -0.15) is 0 Å². The lowest BCUT2D eigenvalue weighted by molar-refractivity contribution is 0.0748. The first-order valence-corrected chi connectivity index (χ1v) is 5.77. The Labute approximate surface area is 91.4 Å². The summed E-state index contributed by atoms with van der Waals surface area (Å²) in [5.74, 6) is 0. The Kier molecular flexibility index (Phi) is 3.22. The van der Waals surface area contributed by atoms with Crippen LogP contribution in [0, 0.1) is 0 Å². The fourth-order valence-electron chi connectivity index (χ4n) is 2.16. The van der Waals surface area contributed by atoms with Crippen LogP contribution >= 0.6 is 0 Å². The molecular weight excluding hydrogens is 184 g/mol. The fraction of sp³-hybridized carbons (Fsp3) is 0.429. The van der Waals surface area contributed by atoms with Gasteiger partial charge in [0.1, 0.15) is 5.60 Å². The van der Waals surface area contributed by atoms with E-state index >= 15 is 0 Å². The lowest BCUT2D eigenvalue weighted by atomic mass is 9.86. The van der Waals surface area contributed by atoms with Gasteiger partial charge in [0.2, 0.25) is 0 Å². The summed E-state index contributed by atoms with van der Waals surface area (Å²) in [5, 5.41) is 10.6. The van der Waals surface area contributed by atoms with E-state index in [0.717, 1.165) is 24.8 Å². The Morgan fingerprint density at radius 1 is 1.00 bits per heavy atom. The van der Waals surface area contributed by atoms with Crippen molar-refractivity contribution in [3.05, 3.63) is 48.0 Å². The highest BCUT2D eigenvalue weighted by Gasteiger charge is 2.25. The predicted octanol–water partition coefficient (Wildman–Crippen LogP) is 3.39. The first-order chi connectivity index (χ1) is 7.31. The second-order valence-corrected chi connectivity index (χ2v) is 4.29.